The summed E-state index contributed by atoms with van der Waals surface area (Å²) in [5.41, 5.74) is 11.0. The lowest BCUT2D eigenvalue weighted by Crippen LogP contribution is -2.01. The van der Waals surface area contributed by atoms with E-state index < -0.39 is 0 Å². The lowest BCUT2D eigenvalue weighted by Gasteiger charge is -2.15. The molecule has 16 nitrogen and oxygen atoms in total. The minimum absolute atomic E-state index is 0.212. The molecule has 506 valence electrons. The van der Waals surface area contributed by atoms with Gasteiger partial charge in [0.2, 0.25) is 0 Å². The highest BCUT2D eigenvalue weighted by atomic mass is 16.5. The van der Waals surface area contributed by atoms with Gasteiger partial charge in [-0.05, 0) is 93.0 Å². The van der Waals surface area contributed by atoms with E-state index in [-0.39, 0.29) is 76.2 Å². The average Bonchev–Trinajstić information content (AvgIpc) is 1.56. The number of hydrogen-bond acceptors (Lipinski definition) is 14. The second kappa shape index (κ2) is 29.3. The Bertz CT molecular complexity index is 5040. The molecule has 0 fully saturated rings. The second-order valence-electron chi connectivity index (χ2n) is 25.1. The van der Waals surface area contributed by atoms with Crippen LogP contribution in [0.2, 0.25) is 0 Å². The van der Waals surface area contributed by atoms with Crippen LogP contribution >= 0.6 is 0 Å². The van der Waals surface area contributed by atoms with E-state index in [1.165, 1.54) is 0 Å². The molecule has 0 unspecified atom stereocenters. The summed E-state index contributed by atoms with van der Waals surface area (Å²) in [7, 11) is 0. The Morgan fingerprint density at radius 2 is 0.327 bits per heavy atom. The number of aromatic nitrogens is 8. The Balaban J connectivity index is 1.01. The van der Waals surface area contributed by atoms with Crippen molar-refractivity contribution in [1.29, 1.82) is 0 Å². The van der Waals surface area contributed by atoms with Gasteiger partial charge in [-0.1, -0.05) is 243 Å². The van der Waals surface area contributed by atoms with Crippen LogP contribution in [-0.2, 0) is 52.9 Å². The third-order valence-electron chi connectivity index (χ3n) is 18.0. The molecule has 15 aromatic rings. The quantitative estimate of drug-likeness (QED) is 0.0583. The fourth-order valence-electron chi connectivity index (χ4n) is 12.9. The van der Waals surface area contributed by atoms with Crippen molar-refractivity contribution in [2.45, 2.75) is 52.9 Å². The molecule has 12 aromatic carbocycles. The van der Waals surface area contributed by atoms with Gasteiger partial charge in [-0.25, -0.2) is 29.9 Å². The first-order valence-corrected chi connectivity index (χ1v) is 34.4. The molecule has 5 heterocycles. The molecule has 104 heavy (non-hydrogen) atoms. The van der Waals surface area contributed by atoms with Gasteiger partial charge in [0.1, 0.15) is 121 Å². The minimum atomic E-state index is 0.212. The summed E-state index contributed by atoms with van der Waals surface area (Å²) in [5, 5.41) is 2.18. The van der Waals surface area contributed by atoms with Crippen molar-refractivity contribution in [1.82, 2.24) is 39.9 Å². The summed E-state index contributed by atoms with van der Waals surface area (Å²) in [6.07, 6.45) is 0. The first kappa shape index (κ1) is 63.8. The van der Waals surface area contributed by atoms with E-state index in [1.54, 1.807) is 0 Å². The van der Waals surface area contributed by atoms with Gasteiger partial charge in [0.15, 0.2) is 23.3 Å². The summed E-state index contributed by atoms with van der Waals surface area (Å²) >= 11 is 0. The molecule has 2 N–H and O–H groups in total. The molecule has 2 aliphatic heterocycles. The van der Waals surface area contributed by atoms with Gasteiger partial charge < -0.3 is 47.9 Å². The van der Waals surface area contributed by atoms with Crippen molar-refractivity contribution in [3.63, 3.8) is 0 Å². The highest BCUT2D eigenvalue weighted by Gasteiger charge is 2.33. The number of ether oxygens (including phenoxy) is 8. The zero-order chi connectivity index (χ0) is 69.4. The Morgan fingerprint density at radius 3 is 0.500 bits per heavy atom. The maximum Gasteiger partial charge on any atom is 0.168 e. The molecule has 0 amide bonds. The van der Waals surface area contributed by atoms with Crippen LogP contribution in [0.15, 0.2) is 291 Å². The number of fused-ring (bicyclic) bond motifs is 20. The number of aromatic amines is 2. The van der Waals surface area contributed by atoms with E-state index in [9.17, 15) is 0 Å². The molecule has 8 bridgehead atoms. The number of hydrogen-bond donors (Lipinski definition) is 2. The van der Waals surface area contributed by atoms with Crippen molar-refractivity contribution >= 4 is 44.1 Å². The molecule has 0 aliphatic carbocycles. The molecule has 16 heteroatoms. The summed E-state index contributed by atoms with van der Waals surface area (Å²) in [5.74, 6) is 4.77. The molecule has 0 saturated carbocycles. The normalized spacial score (nSPS) is 11.4. The molecule has 3 aromatic heterocycles. The largest absolute Gasteiger partial charge is 0.488 e. The standard InChI is InChI=1S/C88H66N8O8/c1-9-25-57(26-10-1)49-97-65-41-42-66(98-50-58-27-11-2-12-28-58)74-73(65)81-89-82(74)94-84-77-69(101-53-61-33-17-5-18-34-61)45-46-70(102-54-62-35-19-6-20-36-62)78(77)86(91-84)96-88-80-72(104-56-64-39-23-8-24-40-64)48-47-71(103-55-63-37-21-7-22-38-63)79(80)87(92-88)95-85-76-68(100-52-60-31-15-4-16-32-60)44-43-67(75(76)83(90-85)93-81)99-51-59-29-13-3-14-30-59/h1-48H,49-56H2,(H2,89,90,91,92,93,94,95,96). The zero-order valence-corrected chi connectivity index (χ0v) is 56.3. The molecule has 17 rings (SSSR count). The minimum Gasteiger partial charge on any atom is -0.488 e. The fourth-order valence-corrected chi connectivity index (χ4v) is 12.9. The number of H-pyrrole nitrogens is 2. The highest BCUT2D eigenvalue weighted by Crippen LogP contribution is 2.51. The number of benzene rings is 12. The van der Waals surface area contributed by atoms with Crippen LogP contribution in [0.1, 0.15) is 44.5 Å². The molecular formula is C88H66N8O8. The van der Waals surface area contributed by atoms with E-state index in [0.717, 1.165) is 44.5 Å². The van der Waals surface area contributed by atoms with Crippen molar-refractivity contribution < 1.29 is 37.9 Å². The number of nitrogens with zero attached hydrogens (tertiary/aromatic N) is 6. The van der Waals surface area contributed by atoms with Crippen LogP contribution in [0.3, 0.4) is 0 Å². The Labute approximate surface area is 598 Å². The van der Waals surface area contributed by atoms with E-state index in [2.05, 4.69) is 9.97 Å². The van der Waals surface area contributed by atoms with E-state index in [4.69, 9.17) is 67.8 Å². The number of rotatable bonds is 24. The Kier molecular flexibility index (Phi) is 18.0. The summed E-state index contributed by atoms with van der Waals surface area (Å²) in [4.78, 5) is 41.4. The highest BCUT2D eigenvalue weighted by molar-refractivity contribution is 6.13. The van der Waals surface area contributed by atoms with Gasteiger partial charge in [0, 0.05) is 0 Å². The third kappa shape index (κ3) is 13.7. The van der Waals surface area contributed by atoms with Crippen LogP contribution in [-0.4, -0.2) is 39.9 Å². The van der Waals surface area contributed by atoms with Crippen molar-refractivity contribution in [2.75, 3.05) is 0 Å². The van der Waals surface area contributed by atoms with Crippen LogP contribution < -0.4 is 37.9 Å². The van der Waals surface area contributed by atoms with Gasteiger partial charge in [0.05, 0.1) is 43.8 Å². The maximum atomic E-state index is 6.99. The molecule has 2 aliphatic rings. The SMILES string of the molecule is c1ccc(COc2ccc(OCc3ccccc3)c3c2-c2nc-3nc3[nH]c(nc4nc(nc5[nH]c(n2)c2c(OCc6ccccc6)ccc(OCc6ccccc6)c52)-c2c(OCc5ccccc5)ccc(OCc5ccccc5)c2-4)c2c(OCc4ccccc4)ccc(OCc4ccccc4)c32)cc1. The second-order valence-corrected chi connectivity index (χ2v) is 25.1. The molecule has 0 spiro atoms. The number of nitrogens with one attached hydrogen (secondary N) is 2. The third-order valence-corrected chi connectivity index (χ3v) is 18.0. The summed E-state index contributed by atoms with van der Waals surface area (Å²) in [6, 6.07) is 95.4. The van der Waals surface area contributed by atoms with Crippen molar-refractivity contribution in [3.05, 3.63) is 336 Å². The van der Waals surface area contributed by atoms with Gasteiger partial charge >= 0.3 is 0 Å². The van der Waals surface area contributed by atoms with Crippen LogP contribution in [0, 0.1) is 0 Å². The first-order valence-electron chi connectivity index (χ1n) is 34.4. The zero-order valence-electron chi connectivity index (χ0n) is 56.3. The molecule has 0 saturated heterocycles. The Morgan fingerprint density at radius 1 is 0.173 bits per heavy atom. The first-order chi connectivity index (χ1) is 51.5. The van der Waals surface area contributed by atoms with E-state index in [0.29, 0.717) is 112 Å². The average molecular weight is 1360 g/mol. The summed E-state index contributed by atoms with van der Waals surface area (Å²) in [6.45, 7) is 1.71. The topological polar surface area (TPSA) is 183 Å². The molecule has 0 atom stereocenters. The van der Waals surface area contributed by atoms with Gasteiger partial charge in [-0.15, -0.1) is 0 Å². The summed E-state index contributed by atoms with van der Waals surface area (Å²) < 4.78 is 55.9. The van der Waals surface area contributed by atoms with Crippen LogP contribution in [0.4, 0.5) is 0 Å². The predicted octanol–water partition coefficient (Wildman–Crippen LogP) is 19.5. The molecule has 0 radical (unpaired) electrons. The maximum absolute atomic E-state index is 6.99. The van der Waals surface area contributed by atoms with Crippen LogP contribution in [0.5, 0.6) is 46.0 Å². The lowest BCUT2D eigenvalue weighted by atomic mass is 10.1. The lowest BCUT2D eigenvalue weighted by molar-refractivity contribution is 0.299. The fraction of sp³-hybridized carbons (Fsp3) is 0.0909. The smallest absolute Gasteiger partial charge is 0.168 e. The van der Waals surface area contributed by atoms with Gasteiger partial charge in [-0.2, -0.15) is 0 Å². The van der Waals surface area contributed by atoms with Gasteiger partial charge in [-0.3, -0.25) is 0 Å². The van der Waals surface area contributed by atoms with E-state index in [1.807, 2.05) is 291 Å². The Hall–Kier alpha value is -13.6. The van der Waals surface area contributed by atoms with Gasteiger partial charge in [0.25, 0.3) is 0 Å². The van der Waals surface area contributed by atoms with Crippen LogP contribution in [0.25, 0.3) is 89.7 Å². The van der Waals surface area contributed by atoms with Crippen molar-refractivity contribution in [3.8, 4) is 91.5 Å². The van der Waals surface area contributed by atoms with E-state index >= 15 is 0 Å². The molecular weight excluding hydrogens is 1300 g/mol. The van der Waals surface area contributed by atoms with Crippen molar-refractivity contribution in [2.24, 2.45) is 0 Å². The predicted molar refractivity (Wildman–Crippen MR) is 402 cm³/mol. The monoisotopic (exact) mass is 1360 g/mol.